The Morgan fingerprint density at radius 2 is 1.95 bits per heavy atom. The average molecular weight is 299 g/mol. The molecule has 2 atom stereocenters. The Morgan fingerprint density at radius 3 is 2.52 bits per heavy atom. The number of rotatable bonds is 4. The number of benzene rings is 1. The van der Waals surface area contributed by atoms with Crippen molar-refractivity contribution in [1.82, 2.24) is 4.90 Å². The Kier molecular flexibility index (Phi) is 4.96. The molecular weight excluding hydrogens is 276 g/mol. The summed E-state index contributed by atoms with van der Waals surface area (Å²) in [6.07, 6.45) is -0.637. The van der Waals surface area contributed by atoms with Crippen LogP contribution in [0.2, 0.25) is 0 Å². The summed E-state index contributed by atoms with van der Waals surface area (Å²) < 4.78 is 33.7. The van der Waals surface area contributed by atoms with Crippen LogP contribution >= 0.6 is 0 Å². The number of halogens is 2. The lowest BCUT2D eigenvalue weighted by atomic mass is 9.84. The molecule has 1 aliphatic heterocycles. The molecule has 21 heavy (non-hydrogen) atoms. The summed E-state index contributed by atoms with van der Waals surface area (Å²) in [5, 5.41) is 10.7. The Hall–Kier alpha value is -1.04. The molecule has 1 heterocycles. The van der Waals surface area contributed by atoms with E-state index in [1.54, 1.807) is 6.92 Å². The maximum Gasteiger partial charge on any atom is 0.134 e. The first-order valence-corrected chi connectivity index (χ1v) is 7.37. The second-order valence-corrected chi connectivity index (χ2v) is 5.80. The fourth-order valence-electron chi connectivity index (χ4n) is 2.90. The van der Waals surface area contributed by atoms with Gasteiger partial charge >= 0.3 is 0 Å². The van der Waals surface area contributed by atoms with E-state index in [0.717, 1.165) is 0 Å². The van der Waals surface area contributed by atoms with E-state index in [-0.39, 0.29) is 5.56 Å². The number of nitrogens with zero attached hydrogens (tertiary/aromatic N) is 1. The number of morpholine rings is 1. The first-order valence-electron chi connectivity index (χ1n) is 7.37. The van der Waals surface area contributed by atoms with Crippen molar-refractivity contribution in [2.45, 2.75) is 38.8 Å². The van der Waals surface area contributed by atoms with Gasteiger partial charge in [0.25, 0.3) is 0 Å². The number of aryl methyl sites for hydroxylation is 1. The van der Waals surface area contributed by atoms with Gasteiger partial charge in [-0.05, 0) is 31.9 Å². The predicted molar refractivity (Wildman–Crippen MR) is 77.1 cm³/mol. The van der Waals surface area contributed by atoms with Crippen LogP contribution in [0.1, 0.15) is 37.5 Å². The second-order valence-electron chi connectivity index (χ2n) is 5.80. The minimum Gasteiger partial charge on any atom is -0.386 e. The predicted octanol–water partition coefficient (Wildman–Crippen LogP) is 2.81. The van der Waals surface area contributed by atoms with Crippen LogP contribution in [0.4, 0.5) is 8.78 Å². The lowest BCUT2D eigenvalue weighted by Gasteiger charge is -2.46. The molecule has 1 N–H and O–H groups in total. The molecule has 5 heteroatoms. The fraction of sp³-hybridized carbons (Fsp3) is 0.625. The van der Waals surface area contributed by atoms with Crippen molar-refractivity contribution in [2.24, 2.45) is 0 Å². The van der Waals surface area contributed by atoms with E-state index in [1.807, 2.05) is 13.8 Å². The van der Waals surface area contributed by atoms with Crippen LogP contribution in [0.25, 0.3) is 0 Å². The standard InChI is InChI=1S/C16H23F2NO2/c1-4-16(3,19-7-9-21-10-8-19)15(20)13-12(17)6-5-11(2)14(13)18/h5-6,15,20H,4,7-10H2,1-3H3. The maximum atomic E-state index is 14.3. The van der Waals surface area contributed by atoms with E-state index in [9.17, 15) is 13.9 Å². The van der Waals surface area contributed by atoms with Crippen molar-refractivity contribution in [3.8, 4) is 0 Å². The Morgan fingerprint density at radius 1 is 1.33 bits per heavy atom. The summed E-state index contributed by atoms with van der Waals surface area (Å²) >= 11 is 0. The minimum atomic E-state index is -1.22. The third kappa shape index (κ3) is 2.96. The molecule has 0 radical (unpaired) electrons. The summed E-state index contributed by atoms with van der Waals surface area (Å²) in [7, 11) is 0. The Bertz CT molecular complexity index is 503. The third-order valence-corrected chi connectivity index (χ3v) is 4.63. The summed E-state index contributed by atoms with van der Waals surface area (Å²) in [5.74, 6) is -1.35. The molecule has 0 bridgehead atoms. The molecule has 1 fully saturated rings. The normalized spacial score (nSPS) is 21.0. The first-order chi connectivity index (χ1) is 9.91. The highest BCUT2D eigenvalue weighted by molar-refractivity contribution is 5.30. The van der Waals surface area contributed by atoms with Crippen LogP contribution in [0.15, 0.2) is 12.1 Å². The molecule has 0 aliphatic carbocycles. The molecule has 2 unspecified atom stereocenters. The molecule has 0 aromatic heterocycles. The summed E-state index contributed by atoms with van der Waals surface area (Å²) in [6, 6.07) is 2.60. The molecule has 1 aliphatic rings. The maximum absolute atomic E-state index is 14.3. The van der Waals surface area contributed by atoms with Crippen LogP contribution in [0.5, 0.6) is 0 Å². The summed E-state index contributed by atoms with van der Waals surface area (Å²) in [6.45, 7) is 7.78. The molecular formula is C16H23F2NO2. The van der Waals surface area contributed by atoms with Crippen molar-refractivity contribution < 1.29 is 18.6 Å². The van der Waals surface area contributed by atoms with Crippen molar-refractivity contribution in [3.05, 3.63) is 34.9 Å². The van der Waals surface area contributed by atoms with Crippen LogP contribution in [-0.4, -0.2) is 41.8 Å². The van der Waals surface area contributed by atoms with E-state index in [4.69, 9.17) is 4.74 Å². The van der Waals surface area contributed by atoms with Gasteiger partial charge < -0.3 is 9.84 Å². The number of aliphatic hydroxyl groups is 1. The van der Waals surface area contributed by atoms with E-state index >= 15 is 0 Å². The van der Waals surface area contributed by atoms with Gasteiger partial charge in [-0.3, -0.25) is 4.90 Å². The Labute approximate surface area is 124 Å². The van der Waals surface area contributed by atoms with Gasteiger partial charge in [-0.15, -0.1) is 0 Å². The zero-order valence-electron chi connectivity index (χ0n) is 12.8. The van der Waals surface area contributed by atoms with Gasteiger partial charge in [0.05, 0.1) is 18.8 Å². The van der Waals surface area contributed by atoms with Gasteiger partial charge in [-0.25, -0.2) is 8.78 Å². The molecule has 0 amide bonds. The second kappa shape index (κ2) is 6.38. The summed E-state index contributed by atoms with van der Waals surface area (Å²) in [4.78, 5) is 2.06. The molecule has 2 rings (SSSR count). The SMILES string of the molecule is CCC(C)(C(O)c1c(F)ccc(C)c1F)N1CCOCC1. The lowest BCUT2D eigenvalue weighted by Crippen LogP contribution is -2.55. The zero-order valence-corrected chi connectivity index (χ0v) is 12.8. The molecule has 118 valence electrons. The Balaban J connectivity index is 2.40. The number of aliphatic hydroxyl groups excluding tert-OH is 1. The van der Waals surface area contributed by atoms with Crippen LogP contribution in [0, 0.1) is 18.6 Å². The average Bonchev–Trinajstić information content (AvgIpc) is 2.51. The van der Waals surface area contributed by atoms with E-state index < -0.39 is 23.3 Å². The topological polar surface area (TPSA) is 32.7 Å². The number of ether oxygens (including phenoxy) is 1. The third-order valence-electron chi connectivity index (χ3n) is 4.63. The number of hydrogen-bond donors (Lipinski definition) is 1. The number of hydrogen-bond acceptors (Lipinski definition) is 3. The van der Waals surface area contributed by atoms with Crippen molar-refractivity contribution >= 4 is 0 Å². The molecule has 1 saturated heterocycles. The largest absolute Gasteiger partial charge is 0.386 e. The fourth-order valence-corrected chi connectivity index (χ4v) is 2.90. The zero-order chi connectivity index (χ0) is 15.6. The monoisotopic (exact) mass is 299 g/mol. The molecule has 0 saturated carbocycles. The first kappa shape index (κ1) is 16.3. The van der Waals surface area contributed by atoms with Crippen molar-refractivity contribution in [1.29, 1.82) is 0 Å². The van der Waals surface area contributed by atoms with Gasteiger partial charge in [0.15, 0.2) is 0 Å². The van der Waals surface area contributed by atoms with Gasteiger partial charge in [0.2, 0.25) is 0 Å². The van der Waals surface area contributed by atoms with Gasteiger partial charge in [0, 0.05) is 18.6 Å². The van der Waals surface area contributed by atoms with Crippen molar-refractivity contribution in [3.63, 3.8) is 0 Å². The van der Waals surface area contributed by atoms with Crippen molar-refractivity contribution in [2.75, 3.05) is 26.3 Å². The van der Waals surface area contributed by atoms with E-state index in [2.05, 4.69) is 4.90 Å². The van der Waals surface area contributed by atoms with Crippen LogP contribution in [-0.2, 0) is 4.74 Å². The van der Waals surface area contributed by atoms with E-state index in [0.29, 0.717) is 38.3 Å². The smallest absolute Gasteiger partial charge is 0.134 e. The highest BCUT2D eigenvalue weighted by atomic mass is 19.1. The van der Waals surface area contributed by atoms with Crippen LogP contribution < -0.4 is 0 Å². The molecule has 0 spiro atoms. The quantitative estimate of drug-likeness (QED) is 0.928. The highest BCUT2D eigenvalue weighted by Crippen LogP contribution is 2.37. The molecule has 1 aromatic rings. The van der Waals surface area contributed by atoms with Crippen LogP contribution in [0.3, 0.4) is 0 Å². The minimum absolute atomic E-state index is 0.231. The lowest BCUT2D eigenvalue weighted by molar-refractivity contribution is -0.0753. The molecule has 1 aromatic carbocycles. The summed E-state index contributed by atoms with van der Waals surface area (Å²) in [5.41, 5.74) is -0.615. The molecule has 3 nitrogen and oxygen atoms in total. The van der Waals surface area contributed by atoms with Gasteiger partial charge in [-0.1, -0.05) is 13.0 Å². The van der Waals surface area contributed by atoms with Gasteiger partial charge in [-0.2, -0.15) is 0 Å². The van der Waals surface area contributed by atoms with Gasteiger partial charge in [0.1, 0.15) is 17.7 Å². The highest BCUT2D eigenvalue weighted by Gasteiger charge is 2.41. The van der Waals surface area contributed by atoms with E-state index in [1.165, 1.54) is 12.1 Å².